The molecule has 1 atom stereocenters. The number of carbonyl (C=O) groups is 1. The average molecular weight is 449 g/mol. The number of hydrogen-bond acceptors (Lipinski definition) is 4. The number of hydrogen-bond donors (Lipinski definition) is 1. The van der Waals surface area contributed by atoms with Crippen molar-refractivity contribution in [3.8, 4) is 0 Å². The standard InChI is InChI=1S/C21H22Cl2N4OS/c1-4-27-19(14(3)24-20(28)16-8-6-5-7-13(16)2)25-26-21(27)29-12-15-9-10-17(22)18(23)11-15/h5-11,14H,4,12H2,1-3H3,(H,24,28)/t14-/m0/s1. The van der Waals surface area contributed by atoms with Crippen molar-refractivity contribution in [2.24, 2.45) is 0 Å². The minimum atomic E-state index is -0.270. The normalized spacial score (nSPS) is 12.0. The van der Waals surface area contributed by atoms with E-state index >= 15 is 0 Å². The highest BCUT2D eigenvalue weighted by Gasteiger charge is 2.20. The SMILES string of the molecule is CCn1c(SCc2ccc(Cl)c(Cl)c2)nnc1[C@H](C)NC(=O)c1ccccc1C. The molecule has 3 aromatic rings. The van der Waals surface area contributed by atoms with Crippen LogP contribution < -0.4 is 5.32 Å². The number of rotatable bonds is 7. The maximum absolute atomic E-state index is 12.6. The van der Waals surface area contributed by atoms with Gasteiger partial charge in [0.15, 0.2) is 11.0 Å². The van der Waals surface area contributed by atoms with Gasteiger partial charge in [-0.2, -0.15) is 0 Å². The van der Waals surface area contributed by atoms with Crippen LogP contribution >= 0.6 is 35.0 Å². The van der Waals surface area contributed by atoms with E-state index in [1.165, 1.54) is 0 Å². The first kappa shape index (κ1) is 21.7. The average Bonchev–Trinajstić information content (AvgIpc) is 3.12. The lowest BCUT2D eigenvalue weighted by Gasteiger charge is -2.16. The summed E-state index contributed by atoms with van der Waals surface area (Å²) in [6.07, 6.45) is 0. The van der Waals surface area contributed by atoms with Crippen LogP contribution in [0.15, 0.2) is 47.6 Å². The number of carbonyl (C=O) groups excluding carboxylic acids is 1. The van der Waals surface area contributed by atoms with Crippen molar-refractivity contribution in [1.82, 2.24) is 20.1 Å². The summed E-state index contributed by atoms with van der Waals surface area (Å²) in [4.78, 5) is 12.6. The Balaban J connectivity index is 1.72. The molecule has 0 aliphatic heterocycles. The van der Waals surface area contributed by atoms with E-state index in [4.69, 9.17) is 23.2 Å². The fraction of sp³-hybridized carbons (Fsp3) is 0.286. The highest BCUT2D eigenvalue weighted by molar-refractivity contribution is 7.98. The summed E-state index contributed by atoms with van der Waals surface area (Å²) < 4.78 is 2.02. The predicted molar refractivity (Wildman–Crippen MR) is 119 cm³/mol. The monoisotopic (exact) mass is 448 g/mol. The Bertz CT molecular complexity index is 1020. The third-order valence-electron chi connectivity index (χ3n) is 4.54. The summed E-state index contributed by atoms with van der Waals surface area (Å²) in [5.74, 6) is 1.30. The van der Waals surface area contributed by atoms with Crippen molar-refractivity contribution in [3.63, 3.8) is 0 Å². The van der Waals surface area contributed by atoms with Gasteiger partial charge in [-0.3, -0.25) is 4.79 Å². The van der Waals surface area contributed by atoms with Crippen molar-refractivity contribution in [2.75, 3.05) is 0 Å². The van der Waals surface area contributed by atoms with Gasteiger partial charge in [0.1, 0.15) is 0 Å². The van der Waals surface area contributed by atoms with Gasteiger partial charge in [0.25, 0.3) is 5.91 Å². The zero-order valence-corrected chi connectivity index (χ0v) is 18.8. The van der Waals surface area contributed by atoms with Crippen LogP contribution in [0.1, 0.15) is 47.2 Å². The number of halogens is 2. The van der Waals surface area contributed by atoms with E-state index in [-0.39, 0.29) is 11.9 Å². The van der Waals surface area contributed by atoms with E-state index in [9.17, 15) is 4.79 Å². The zero-order valence-electron chi connectivity index (χ0n) is 16.4. The first-order chi connectivity index (χ1) is 13.9. The minimum Gasteiger partial charge on any atom is -0.342 e. The Kier molecular flexibility index (Phi) is 7.22. The minimum absolute atomic E-state index is 0.119. The van der Waals surface area contributed by atoms with Crippen molar-refractivity contribution in [3.05, 3.63) is 75.0 Å². The second-order valence-corrected chi connectivity index (χ2v) is 8.39. The summed E-state index contributed by atoms with van der Waals surface area (Å²) >= 11 is 13.6. The molecule has 29 heavy (non-hydrogen) atoms. The molecule has 0 spiro atoms. The van der Waals surface area contributed by atoms with Crippen molar-refractivity contribution < 1.29 is 4.79 Å². The smallest absolute Gasteiger partial charge is 0.252 e. The summed E-state index contributed by atoms with van der Waals surface area (Å²) in [7, 11) is 0. The molecule has 2 aromatic carbocycles. The molecular weight excluding hydrogens is 427 g/mol. The van der Waals surface area contributed by atoms with Gasteiger partial charge in [-0.05, 0) is 50.1 Å². The van der Waals surface area contributed by atoms with Gasteiger partial charge in [0.2, 0.25) is 0 Å². The highest BCUT2D eigenvalue weighted by Crippen LogP contribution is 2.28. The Morgan fingerprint density at radius 3 is 2.62 bits per heavy atom. The molecule has 3 rings (SSSR count). The zero-order chi connectivity index (χ0) is 21.0. The number of aromatic nitrogens is 3. The molecule has 0 aliphatic carbocycles. The number of aryl methyl sites for hydroxylation is 1. The van der Waals surface area contributed by atoms with Crippen LogP contribution in [-0.4, -0.2) is 20.7 Å². The molecule has 0 unspecified atom stereocenters. The first-order valence-corrected chi connectivity index (χ1v) is 11.0. The lowest BCUT2D eigenvalue weighted by molar-refractivity contribution is 0.0937. The van der Waals surface area contributed by atoms with Crippen LogP contribution in [0.5, 0.6) is 0 Å². The summed E-state index contributed by atoms with van der Waals surface area (Å²) in [6, 6.07) is 12.8. The maximum Gasteiger partial charge on any atom is 0.252 e. The molecule has 0 saturated heterocycles. The van der Waals surface area contributed by atoms with Crippen LogP contribution in [0.4, 0.5) is 0 Å². The van der Waals surface area contributed by atoms with E-state index in [2.05, 4.69) is 15.5 Å². The Morgan fingerprint density at radius 2 is 1.93 bits per heavy atom. The number of amides is 1. The molecule has 1 N–H and O–H groups in total. The molecule has 0 fully saturated rings. The molecule has 0 radical (unpaired) electrons. The van der Waals surface area contributed by atoms with Crippen LogP contribution in [-0.2, 0) is 12.3 Å². The van der Waals surface area contributed by atoms with Gasteiger partial charge in [0.05, 0.1) is 16.1 Å². The largest absolute Gasteiger partial charge is 0.342 e. The van der Waals surface area contributed by atoms with Crippen molar-refractivity contribution >= 4 is 40.9 Å². The van der Waals surface area contributed by atoms with Gasteiger partial charge < -0.3 is 9.88 Å². The topological polar surface area (TPSA) is 59.8 Å². The van der Waals surface area contributed by atoms with E-state index < -0.39 is 0 Å². The van der Waals surface area contributed by atoms with Gasteiger partial charge in [0, 0.05) is 17.9 Å². The fourth-order valence-electron chi connectivity index (χ4n) is 2.97. The summed E-state index contributed by atoms with van der Waals surface area (Å²) in [5.41, 5.74) is 2.65. The molecule has 1 amide bonds. The summed E-state index contributed by atoms with van der Waals surface area (Å²) in [6.45, 7) is 6.58. The molecule has 0 bridgehead atoms. The van der Waals surface area contributed by atoms with Gasteiger partial charge in [-0.15, -0.1) is 10.2 Å². The van der Waals surface area contributed by atoms with E-state index in [1.807, 2.05) is 61.7 Å². The predicted octanol–water partition coefficient (Wildman–Crippen LogP) is 5.70. The molecule has 1 aromatic heterocycles. The molecule has 5 nitrogen and oxygen atoms in total. The Labute approximate surface area is 184 Å². The number of thioether (sulfide) groups is 1. The quantitative estimate of drug-likeness (QED) is 0.471. The van der Waals surface area contributed by atoms with E-state index in [0.29, 0.717) is 27.9 Å². The molecule has 0 aliphatic rings. The third kappa shape index (κ3) is 5.13. The highest BCUT2D eigenvalue weighted by atomic mass is 35.5. The third-order valence-corrected chi connectivity index (χ3v) is 6.32. The maximum atomic E-state index is 12.6. The van der Waals surface area contributed by atoms with Crippen LogP contribution in [0, 0.1) is 6.92 Å². The van der Waals surface area contributed by atoms with Crippen molar-refractivity contribution in [1.29, 1.82) is 0 Å². The number of benzene rings is 2. The van der Waals surface area contributed by atoms with Crippen molar-refractivity contribution in [2.45, 2.75) is 44.3 Å². The van der Waals surface area contributed by atoms with Gasteiger partial charge in [-0.25, -0.2) is 0 Å². The molecule has 1 heterocycles. The van der Waals surface area contributed by atoms with Gasteiger partial charge in [-0.1, -0.05) is 59.2 Å². The molecular formula is C21H22Cl2N4OS. The fourth-order valence-corrected chi connectivity index (χ4v) is 4.24. The van der Waals surface area contributed by atoms with Crippen LogP contribution in [0.25, 0.3) is 0 Å². The number of nitrogens with zero attached hydrogens (tertiary/aromatic N) is 3. The molecule has 152 valence electrons. The molecule has 0 saturated carbocycles. The Morgan fingerprint density at radius 1 is 1.17 bits per heavy atom. The second-order valence-electron chi connectivity index (χ2n) is 6.63. The van der Waals surface area contributed by atoms with Crippen LogP contribution in [0.2, 0.25) is 10.0 Å². The first-order valence-electron chi connectivity index (χ1n) is 9.27. The van der Waals surface area contributed by atoms with Crippen LogP contribution in [0.3, 0.4) is 0 Å². The summed E-state index contributed by atoms with van der Waals surface area (Å²) in [5, 5.41) is 13.6. The lowest BCUT2D eigenvalue weighted by atomic mass is 10.1. The lowest BCUT2D eigenvalue weighted by Crippen LogP contribution is -2.29. The second kappa shape index (κ2) is 9.65. The molecule has 8 heteroatoms. The van der Waals surface area contributed by atoms with E-state index in [1.54, 1.807) is 17.8 Å². The number of nitrogens with one attached hydrogen (secondary N) is 1. The van der Waals surface area contributed by atoms with E-state index in [0.717, 1.165) is 22.1 Å². The Hall–Kier alpha value is -2.02. The van der Waals surface area contributed by atoms with Gasteiger partial charge >= 0.3 is 0 Å².